The van der Waals surface area contributed by atoms with E-state index in [1.165, 1.54) is 0 Å². The van der Waals surface area contributed by atoms with E-state index in [0.29, 0.717) is 13.2 Å². The number of hydrogen-bond donors (Lipinski definition) is 2. The second-order valence-electron chi connectivity index (χ2n) is 4.91. The molecule has 0 aromatic heterocycles. The molecule has 2 aliphatic rings. The van der Waals surface area contributed by atoms with Gasteiger partial charge in [-0.1, -0.05) is 0 Å². The highest BCUT2D eigenvalue weighted by molar-refractivity contribution is 5.81. The zero-order chi connectivity index (χ0) is 12.1. The molecule has 2 saturated heterocycles. The Balaban J connectivity index is 1.85. The molecule has 2 unspecified atom stereocenters. The monoisotopic (exact) mass is 242 g/mol. The van der Waals surface area contributed by atoms with Crippen LogP contribution in [0.2, 0.25) is 0 Å². The van der Waals surface area contributed by atoms with E-state index < -0.39 is 0 Å². The predicted molar refractivity (Wildman–Crippen MR) is 63.8 cm³/mol. The van der Waals surface area contributed by atoms with Crippen molar-refractivity contribution in [3.05, 3.63) is 0 Å². The normalized spacial score (nSPS) is 34.4. The molecule has 2 aliphatic heterocycles. The number of rotatable bonds is 4. The number of ether oxygens (including phenoxy) is 2. The van der Waals surface area contributed by atoms with Gasteiger partial charge in [-0.05, 0) is 19.3 Å². The summed E-state index contributed by atoms with van der Waals surface area (Å²) in [6.45, 7) is 2.84. The second-order valence-corrected chi connectivity index (χ2v) is 4.91. The Morgan fingerprint density at radius 1 is 1.59 bits per heavy atom. The molecule has 1 amide bonds. The van der Waals surface area contributed by atoms with Crippen LogP contribution in [0.1, 0.15) is 25.7 Å². The van der Waals surface area contributed by atoms with Crippen molar-refractivity contribution in [2.75, 3.05) is 33.4 Å². The first-order valence-corrected chi connectivity index (χ1v) is 6.40. The van der Waals surface area contributed by atoms with Crippen molar-refractivity contribution in [2.24, 2.45) is 0 Å². The minimum absolute atomic E-state index is 0.0786. The van der Waals surface area contributed by atoms with Crippen molar-refractivity contribution in [1.82, 2.24) is 10.6 Å². The summed E-state index contributed by atoms with van der Waals surface area (Å²) in [5, 5.41) is 6.26. The largest absolute Gasteiger partial charge is 0.378 e. The van der Waals surface area contributed by atoms with Gasteiger partial charge in [0, 0.05) is 33.2 Å². The van der Waals surface area contributed by atoms with Crippen LogP contribution in [-0.2, 0) is 14.3 Å². The van der Waals surface area contributed by atoms with Crippen LogP contribution in [0, 0.1) is 0 Å². The molecule has 5 heteroatoms. The van der Waals surface area contributed by atoms with E-state index in [9.17, 15) is 4.79 Å². The molecular weight excluding hydrogens is 220 g/mol. The first-order valence-electron chi connectivity index (χ1n) is 6.40. The highest BCUT2D eigenvalue weighted by atomic mass is 16.5. The lowest BCUT2D eigenvalue weighted by Crippen LogP contribution is -2.50. The first kappa shape index (κ1) is 12.8. The van der Waals surface area contributed by atoms with E-state index in [1.54, 1.807) is 7.11 Å². The van der Waals surface area contributed by atoms with Gasteiger partial charge in [0.05, 0.1) is 12.6 Å². The fraction of sp³-hybridized carbons (Fsp3) is 0.917. The maximum absolute atomic E-state index is 11.8. The molecule has 0 bridgehead atoms. The number of carbonyl (C=O) groups is 1. The van der Waals surface area contributed by atoms with Crippen LogP contribution < -0.4 is 10.6 Å². The zero-order valence-corrected chi connectivity index (χ0v) is 10.5. The summed E-state index contributed by atoms with van der Waals surface area (Å²) < 4.78 is 10.9. The maximum atomic E-state index is 11.8. The third-order valence-corrected chi connectivity index (χ3v) is 3.71. The van der Waals surface area contributed by atoms with Crippen LogP contribution in [-0.4, -0.2) is 51.0 Å². The molecule has 17 heavy (non-hydrogen) atoms. The van der Waals surface area contributed by atoms with Crippen molar-refractivity contribution < 1.29 is 14.3 Å². The van der Waals surface area contributed by atoms with Crippen molar-refractivity contribution in [3.8, 4) is 0 Å². The Morgan fingerprint density at radius 2 is 2.47 bits per heavy atom. The minimum atomic E-state index is -0.243. The summed E-state index contributed by atoms with van der Waals surface area (Å²) in [5.41, 5.74) is -0.243. The highest BCUT2D eigenvalue weighted by Crippen LogP contribution is 2.22. The Labute approximate surface area is 102 Å². The summed E-state index contributed by atoms with van der Waals surface area (Å²) >= 11 is 0. The number of hydrogen-bond acceptors (Lipinski definition) is 4. The van der Waals surface area contributed by atoms with Crippen molar-refractivity contribution >= 4 is 5.91 Å². The summed E-state index contributed by atoms with van der Waals surface area (Å²) in [5.74, 6) is 0.118. The van der Waals surface area contributed by atoms with Crippen LogP contribution in [0.15, 0.2) is 0 Å². The molecular formula is C12H22N2O3. The van der Waals surface area contributed by atoms with E-state index in [1.807, 2.05) is 0 Å². The molecule has 0 aromatic carbocycles. The van der Waals surface area contributed by atoms with E-state index in [4.69, 9.17) is 9.47 Å². The van der Waals surface area contributed by atoms with E-state index in [0.717, 1.165) is 38.8 Å². The second kappa shape index (κ2) is 5.80. The van der Waals surface area contributed by atoms with Gasteiger partial charge in [0.25, 0.3) is 0 Å². The van der Waals surface area contributed by atoms with Crippen LogP contribution in [0.25, 0.3) is 0 Å². The lowest BCUT2D eigenvalue weighted by atomic mass is 10.0. The van der Waals surface area contributed by atoms with Gasteiger partial charge in [0.1, 0.15) is 5.60 Å². The van der Waals surface area contributed by atoms with Gasteiger partial charge in [-0.2, -0.15) is 0 Å². The van der Waals surface area contributed by atoms with Gasteiger partial charge < -0.3 is 20.1 Å². The van der Waals surface area contributed by atoms with Crippen LogP contribution in [0.5, 0.6) is 0 Å². The average molecular weight is 242 g/mol. The molecule has 0 radical (unpaired) electrons. The molecule has 2 rings (SSSR count). The summed E-state index contributed by atoms with van der Waals surface area (Å²) in [6, 6.07) is -0.0786. The topological polar surface area (TPSA) is 59.6 Å². The van der Waals surface area contributed by atoms with E-state index >= 15 is 0 Å². The highest BCUT2D eigenvalue weighted by Gasteiger charge is 2.36. The fourth-order valence-electron chi connectivity index (χ4n) is 2.40. The molecule has 2 fully saturated rings. The van der Waals surface area contributed by atoms with Gasteiger partial charge in [-0.3, -0.25) is 4.79 Å². The number of methoxy groups -OCH3 is 1. The summed E-state index contributed by atoms with van der Waals surface area (Å²) in [7, 11) is 1.71. The fourth-order valence-corrected chi connectivity index (χ4v) is 2.40. The van der Waals surface area contributed by atoms with Gasteiger partial charge in [-0.25, -0.2) is 0 Å². The van der Waals surface area contributed by atoms with Crippen molar-refractivity contribution in [1.29, 1.82) is 0 Å². The summed E-state index contributed by atoms with van der Waals surface area (Å²) in [6.07, 6.45) is 3.96. The van der Waals surface area contributed by atoms with Gasteiger partial charge in [0.15, 0.2) is 0 Å². The smallest absolute Gasteiger partial charge is 0.237 e. The number of carbonyl (C=O) groups excluding carboxylic acids is 1. The van der Waals surface area contributed by atoms with Gasteiger partial charge >= 0.3 is 0 Å². The molecule has 2 N–H and O–H groups in total. The van der Waals surface area contributed by atoms with E-state index in [2.05, 4.69) is 10.6 Å². The molecule has 98 valence electrons. The number of nitrogens with one attached hydrogen (secondary N) is 2. The Morgan fingerprint density at radius 3 is 3.18 bits per heavy atom. The average Bonchev–Trinajstić information content (AvgIpc) is 2.72. The molecule has 0 spiro atoms. The molecule has 5 nitrogen and oxygen atoms in total. The van der Waals surface area contributed by atoms with Crippen molar-refractivity contribution in [2.45, 2.75) is 37.3 Å². The minimum Gasteiger partial charge on any atom is -0.378 e. The molecule has 0 saturated carbocycles. The third kappa shape index (κ3) is 3.18. The lowest BCUT2D eigenvalue weighted by Gasteiger charge is -2.28. The van der Waals surface area contributed by atoms with Crippen LogP contribution in [0.4, 0.5) is 0 Å². The predicted octanol–water partition coefficient (Wildman–Crippen LogP) is 0.0502. The Bertz CT molecular complexity index is 264. The summed E-state index contributed by atoms with van der Waals surface area (Å²) in [4.78, 5) is 11.8. The van der Waals surface area contributed by atoms with Crippen LogP contribution >= 0.6 is 0 Å². The van der Waals surface area contributed by atoms with E-state index in [-0.39, 0.29) is 17.6 Å². The first-order chi connectivity index (χ1) is 8.26. The van der Waals surface area contributed by atoms with Crippen molar-refractivity contribution in [3.63, 3.8) is 0 Å². The Kier molecular flexibility index (Phi) is 4.36. The van der Waals surface area contributed by atoms with Gasteiger partial charge in [0.2, 0.25) is 5.91 Å². The van der Waals surface area contributed by atoms with Gasteiger partial charge in [-0.15, -0.1) is 0 Å². The van der Waals surface area contributed by atoms with Crippen LogP contribution in [0.3, 0.4) is 0 Å². The molecule has 2 atom stereocenters. The molecule has 2 heterocycles. The Hall–Kier alpha value is -0.650. The zero-order valence-electron chi connectivity index (χ0n) is 10.5. The molecule has 0 aromatic rings. The molecule has 0 aliphatic carbocycles. The maximum Gasteiger partial charge on any atom is 0.237 e. The third-order valence-electron chi connectivity index (χ3n) is 3.71. The SMILES string of the molecule is COC1(CNC2CCCCNC2=O)CCOC1. The quantitative estimate of drug-likeness (QED) is 0.731. The number of amides is 1. The lowest BCUT2D eigenvalue weighted by molar-refractivity contribution is -0.123. The standard InChI is InChI=1S/C12H22N2O3/c1-16-12(5-7-17-9-12)8-14-10-4-2-3-6-13-11(10)15/h10,14H,2-9H2,1H3,(H,13,15).